The molecule has 1 saturated carbocycles. The molecule has 0 heterocycles. The van der Waals surface area contributed by atoms with Gasteiger partial charge in [-0.3, -0.25) is 0 Å². The number of fused-ring (bicyclic) bond motifs is 1. The first kappa shape index (κ1) is 32.6. The van der Waals surface area contributed by atoms with E-state index >= 15 is 0 Å². The molecule has 0 aromatic heterocycles. The highest BCUT2D eigenvalue weighted by molar-refractivity contribution is 6.00. The summed E-state index contributed by atoms with van der Waals surface area (Å²) < 4.78 is 0. The monoisotopic (exact) mass is 645 g/mol. The van der Waals surface area contributed by atoms with Gasteiger partial charge in [0.25, 0.3) is 0 Å². The van der Waals surface area contributed by atoms with Gasteiger partial charge in [0.15, 0.2) is 0 Å². The minimum Gasteiger partial charge on any atom is -0.314 e. The van der Waals surface area contributed by atoms with Crippen molar-refractivity contribution >= 4 is 38.5 Å². The fourth-order valence-corrected chi connectivity index (χ4v) is 7.27. The molecular formula is C49H43N. The highest BCUT2D eigenvalue weighted by atomic mass is 15.1. The molecule has 0 spiro atoms. The third-order valence-electron chi connectivity index (χ3n) is 10.2. The van der Waals surface area contributed by atoms with Crippen LogP contribution >= 0.6 is 0 Å². The third kappa shape index (κ3) is 6.31. The summed E-state index contributed by atoms with van der Waals surface area (Å²) in [6.07, 6.45) is 10.7. The molecule has 1 nitrogen and oxygen atoms in total. The Morgan fingerprint density at radius 2 is 1.16 bits per heavy atom. The van der Waals surface area contributed by atoms with Crippen LogP contribution in [0.4, 0.5) is 11.4 Å². The van der Waals surface area contributed by atoms with Crippen molar-refractivity contribution in [1.82, 2.24) is 0 Å². The van der Waals surface area contributed by atoms with Gasteiger partial charge in [-0.25, -0.2) is 0 Å². The van der Waals surface area contributed by atoms with Crippen LogP contribution in [-0.4, -0.2) is 0 Å². The lowest BCUT2D eigenvalue weighted by molar-refractivity contribution is 0.583. The molecule has 50 heavy (non-hydrogen) atoms. The molecule has 244 valence electrons. The smallest absolute Gasteiger partial charge is 0.0458 e. The number of hydrogen-bond donors (Lipinski definition) is 0. The minimum atomic E-state index is -0.312. The van der Waals surface area contributed by atoms with E-state index in [0.29, 0.717) is 0 Å². The number of rotatable bonds is 7. The Hall–Kier alpha value is -5.92. The lowest BCUT2D eigenvalue weighted by atomic mass is 9.80. The second-order valence-electron chi connectivity index (χ2n) is 13.7. The van der Waals surface area contributed by atoms with E-state index in [1.165, 1.54) is 32.8 Å². The van der Waals surface area contributed by atoms with E-state index in [2.05, 4.69) is 197 Å². The Kier molecular flexibility index (Phi) is 8.83. The standard InChI is InChI=1S/C49H43N/c1-34(39-15-13-16-41-17-14-18-42-26-24-38(23-25-39)33-46(41)42)31-47-36(3)37(4)48(49(47,5)6)32-35(2)40-27-29-45(30-28-40)50(43-19-9-7-10-20-43)44-21-11-8-12-22-44/h7-27,29,31-33H,1-4,28,30H2,5-6H3/b15-13?,16-13?,25-23?,38-23?,39-15?,39-25?,41-16?,47-31+,48-32+. The van der Waals surface area contributed by atoms with Crippen molar-refractivity contribution in [3.05, 3.63) is 223 Å². The summed E-state index contributed by atoms with van der Waals surface area (Å²) in [5.41, 5.74) is 11.7. The number of para-hydroxylation sites is 2. The minimum absolute atomic E-state index is 0.312. The van der Waals surface area contributed by atoms with Crippen molar-refractivity contribution in [3.8, 4) is 0 Å². The van der Waals surface area contributed by atoms with Gasteiger partial charge < -0.3 is 4.90 Å². The molecule has 1 fully saturated rings. The summed E-state index contributed by atoms with van der Waals surface area (Å²) in [5.74, 6) is 0. The summed E-state index contributed by atoms with van der Waals surface area (Å²) in [6.45, 7) is 22.6. The van der Waals surface area contributed by atoms with Gasteiger partial charge in [0.1, 0.15) is 0 Å². The number of allylic oxidation sites excluding steroid dienone is 12. The molecule has 0 aliphatic heterocycles. The second-order valence-corrected chi connectivity index (χ2v) is 13.7. The summed E-state index contributed by atoms with van der Waals surface area (Å²) in [6, 6.07) is 45.0. The van der Waals surface area contributed by atoms with Crippen LogP contribution in [0.1, 0.15) is 32.3 Å². The van der Waals surface area contributed by atoms with Gasteiger partial charge in [-0.15, -0.1) is 0 Å². The van der Waals surface area contributed by atoms with Gasteiger partial charge in [-0.2, -0.15) is 0 Å². The normalized spacial score (nSPS) is 17.2. The Morgan fingerprint density at radius 1 is 0.600 bits per heavy atom. The molecule has 2 aliphatic carbocycles. The van der Waals surface area contributed by atoms with Gasteiger partial charge in [0.05, 0.1) is 0 Å². The lowest BCUT2D eigenvalue weighted by Crippen LogP contribution is -2.18. The summed E-state index contributed by atoms with van der Waals surface area (Å²) >= 11 is 0. The molecule has 5 aromatic rings. The first-order valence-electron chi connectivity index (χ1n) is 17.3. The van der Waals surface area contributed by atoms with Crippen molar-refractivity contribution in [2.24, 2.45) is 5.41 Å². The Balaban J connectivity index is 1.17. The Labute approximate surface area is 297 Å². The molecule has 2 bridgehead atoms. The number of anilines is 2. The lowest BCUT2D eigenvalue weighted by Gasteiger charge is -2.30. The number of nitrogens with zero attached hydrogens (tertiary/aromatic N) is 1. The predicted molar refractivity (Wildman–Crippen MR) is 217 cm³/mol. The topological polar surface area (TPSA) is 3.24 Å². The highest BCUT2D eigenvalue weighted by Gasteiger charge is 2.39. The molecule has 0 atom stereocenters. The fourth-order valence-electron chi connectivity index (χ4n) is 7.27. The van der Waals surface area contributed by atoms with Crippen molar-refractivity contribution in [1.29, 1.82) is 0 Å². The van der Waals surface area contributed by atoms with Crippen LogP contribution in [0.2, 0.25) is 0 Å². The van der Waals surface area contributed by atoms with Crippen LogP contribution < -0.4 is 4.90 Å². The average Bonchev–Trinajstić information content (AvgIpc) is 3.29. The Bertz CT molecular complexity index is 2300. The first-order chi connectivity index (χ1) is 24.2. The molecular weight excluding hydrogens is 603 g/mol. The van der Waals surface area contributed by atoms with Crippen molar-refractivity contribution in [2.45, 2.75) is 26.7 Å². The maximum atomic E-state index is 4.55. The van der Waals surface area contributed by atoms with E-state index < -0.39 is 0 Å². The predicted octanol–water partition coefficient (Wildman–Crippen LogP) is 13.6. The number of benzene rings is 4. The van der Waals surface area contributed by atoms with Gasteiger partial charge >= 0.3 is 0 Å². The van der Waals surface area contributed by atoms with Gasteiger partial charge in [0.2, 0.25) is 0 Å². The van der Waals surface area contributed by atoms with Crippen LogP contribution in [0.25, 0.3) is 27.1 Å². The molecule has 0 saturated heterocycles. The van der Waals surface area contributed by atoms with Crippen LogP contribution in [0.3, 0.4) is 0 Å². The molecule has 2 aliphatic rings. The molecule has 0 radical (unpaired) electrons. The van der Waals surface area contributed by atoms with Crippen molar-refractivity contribution in [2.75, 3.05) is 4.90 Å². The maximum absolute atomic E-state index is 4.55. The molecule has 1 heteroatoms. The first-order valence-corrected chi connectivity index (χ1v) is 17.3. The van der Waals surface area contributed by atoms with Crippen LogP contribution in [-0.2, 0) is 0 Å². The summed E-state index contributed by atoms with van der Waals surface area (Å²) in [7, 11) is 0. The van der Waals surface area contributed by atoms with E-state index in [-0.39, 0.29) is 5.41 Å². The molecule has 0 N–H and O–H groups in total. The van der Waals surface area contributed by atoms with E-state index in [1.807, 2.05) is 0 Å². The molecule has 7 rings (SSSR count). The van der Waals surface area contributed by atoms with Crippen molar-refractivity contribution in [3.63, 3.8) is 0 Å². The highest BCUT2D eigenvalue weighted by Crippen LogP contribution is 2.53. The van der Waals surface area contributed by atoms with E-state index in [0.717, 1.165) is 63.2 Å². The zero-order valence-corrected chi connectivity index (χ0v) is 29.1. The van der Waals surface area contributed by atoms with Crippen LogP contribution in [0.5, 0.6) is 0 Å². The average molecular weight is 646 g/mol. The van der Waals surface area contributed by atoms with E-state index in [4.69, 9.17) is 0 Å². The van der Waals surface area contributed by atoms with Gasteiger partial charge in [0, 0.05) is 22.5 Å². The zero-order chi connectivity index (χ0) is 34.8. The second kappa shape index (κ2) is 13.5. The Morgan fingerprint density at radius 3 is 1.76 bits per heavy atom. The molecule has 5 aromatic carbocycles. The largest absolute Gasteiger partial charge is 0.314 e. The third-order valence-corrected chi connectivity index (χ3v) is 10.2. The summed E-state index contributed by atoms with van der Waals surface area (Å²) in [4.78, 5) is 2.35. The SMILES string of the molecule is C=C(/C=C1\C(=C)C(=C)/C(=C\C(=C)c2cccc3cccc4ccc(cc2)cc34)C1(C)C)C1=CC=C(N(c2ccccc2)c2ccccc2)CC1. The number of hydrogen-bond acceptors (Lipinski definition) is 1. The molecule has 0 amide bonds. The quantitative estimate of drug-likeness (QED) is 0.170. The van der Waals surface area contributed by atoms with Gasteiger partial charge in [-0.05, 0) is 115 Å². The van der Waals surface area contributed by atoms with E-state index in [9.17, 15) is 0 Å². The van der Waals surface area contributed by atoms with Crippen LogP contribution in [0, 0.1) is 5.41 Å². The maximum Gasteiger partial charge on any atom is 0.0458 e. The van der Waals surface area contributed by atoms with Crippen molar-refractivity contribution < 1.29 is 0 Å². The van der Waals surface area contributed by atoms with Crippen LogP contribution in [0.15, 0.2) is 217 Å². The zero-order valence-electron chi connectivity index (χ0n) is 29.1. The summed E-state index contributed by atoms with van der Waals surface area (Å²) in [5, 5.41) is 4.88. The van der Waals surface area contributed by atoms with E-state index in [1.54, 1.807) is 0 Å². The fraction of sp³-hybridized carbons (Fsp3) is 0.102. The van der Waals surface area contributed by atoms with Gasteiger partial charge in [-0.1, -0.05) is 155 Å². The molecule has 0 unspecified atom stereocenters.